The summed E-state index contributed by atoms with van der Waals surface area (Å²) in [6, 6.07) is 17.9. The van der Waals surface area contributed by atoms with Gasteiger partial charge in [-0.05, 0) is 48.9 Å². The first-order chi connectivity index (χ1) is 14.6. The number of ether oxygens (including phenoxy) is 1. The number of nitrogens with one attached hydrogen (secondary N) is 1. The molecule has 30 heavy (non-hydrogen) atoms. The highest BCUT2D eigenvalue weighted by molar-refractivity contribution is 6.31. The van der Waals surface area contributed by atoms with E-state index in [0.29, 0.717) is 28.2 Å². The molecule has 2 heterocycles. The number of amides is 1. The van der Waals surface area contributed by atoms with Gasteiger partial charge in [-0.1, -0.05) is 29.8 Å². The van der Waals surface area contributed by atoms with E-state index in [-0.39, 0.29) is 12.3 Å². The van der Waals surface area contributed by atoms with Crippen LogP contribution < -0.4 is 10.1 Å². The highest BCUT2D eigenvalue weighted by Gasteiger charge is 2.08. The second kappa shape index (κ2) is 8.75. The van der Waals surface area contributed by atoms with Crippen LogP contribution in [-0.4, -0.2) is 25.7 Å². The van der Waals surface area contributed by atoms with Crippen molar-refractivity contribution in [3.05, 3.63) is 89.5 Å². The Kier molecular flexibility index (Phi) is 5.72. The number of halogens is 1. The second-order valence-electron chi connectivity index (χ2n) is 6.52. The van der Waals surface area contributed by atoms with E-state index in [2.05, 4.69) is 20.5 Å². The zero-order chi connectivity index (χ0) is 20.9. The molecule has 0 bridgehead atoms. The van der Waals surface area contributed by atoms with Gasteiger partial charge >= 0.3 is 0 Å². The fourth-order valence-electron chi connectivity index (χ4n) is 2.86. The van der Waals surface area contributed by atoms with E-state index in [1.165, 1.54) is 0 Å². The summed E-state index contributed by atoms with van der Waals surface area (Å²) in [6.07, 6.45) is 3.73. The van der Waals surface area contributed by atoms with Gasteiger partial charge in [-0.25, -0.2) is 4.98 Å². The number of hydrogen-bond acceptors (Lipinski definition) is 5. The number of anilines is 1. The van der Waals surface area contributed by atoms with E-state index in [0.717, 1.165) is 11.4 Å². The summed E-state index contributed by atoms with van der Waals surface area (Å²) in [5.41, 5.74) is 1.45. The maximum absolute atomic E-state index is 12.2. The maximum atomic E-state index is 12.2. The lowest BCUT2D eigenvalue weighted by Crippen LogP contribution is -2.14. The number of rotatable bonds is 6. The number of hydrogen-bond donors (Lipinski definition) is 1. The first-order valence-corrected chi connectivity index (χ1v) is 9.61. The number of benzene rings is 2. The monoisotopic (exact) mass is 419 g/mol. The van der Waals surface area contributed by atoms with Crippen molar-refractivity contribution in [1.29, 1.82) is 0 Å². The number of aryl methyl sites for hydroxylation is 1. The molecule has 8 heteroatoms. The van der Waals surface area contributed by atoms with Crippen LogP contribution in [0.15, 0.2) is 73.1 Å². The van der Waals surface area contributed by atoms with Crippen molar-refractivity contribution in [1.82, 2.24) is 19.7 Å². The molecular formula is C22H18ClN5O2. The van der Waals surface area contributed by atoms with Gasteiger partial charge in [0.25, 0.3) is 0 Å². The third-order valence-electron chi connectivity index (χ3n) is 4.37. The highest BCUT2D eigenvalue weighted by Crippen LogP contribution is 2.22. The molecule has 1 amide bonds. The SMILES string of the molecule is Cc1nccn1-c1ccc(Oc2ccc(NC(=O)Cc3ccccc3Cl)cc2)nn1. The standard InChI is InChI=1S/C22H18ClN5O2/c1-15-24-12-13-28(15)20-10-11-22(27-26-20)30-18-8-6-17(7-9-18)25-21(29)14-16-4-2-3-5-19(16)23/h2-13H,14H2,1H3,(H,25,29). The first kappa shape index (κ1) is 19.6. The van der Waals surface area contributed by atoms with Crippen LogP contribution in [0.3, 0.4) is 0 Å². The smallest absolute Gasteiger partial charge is 0.238 e. The van der Waals surface area contributed by atoms with E-state index in [9.17, 15) is 4.79 Å². The van der Waals surface area contributed by atoms with Gasteiger partial charge in [0.1, 0.15) is 11.6 Å². The third kappa shape index (κ3) is 4.64. The molecule has 0 atom stereocenters. The van der Waals surface area contributed by atoms with E-state index >= 15 is 0 Å². The molecule has 0 aliphatic heterocycles. The molecule has 0 radical (unpaired) electrons. The van der Waals surface area contributed by atoms with Gasteiger partial charge in [-0.2, -0.15) is 0 Å². The van der Waals surface area contributed by atoms with Crippen LogP contribution in [-0.2, 0) is 11.2 Å². The summed E-state index contributed by atoms with van der Waals surface area (Å²) in [5, 5.41) is 11.7. The summed E-state index contributed by atoms with van der Waals surface area (Å²) >= 11 is 6.10. The summed E-state index contributed by atoms with van der Waals surface area (Å²) in [6.45, 7) is 1.89. The molecule has 0 aliphatic rings. The molecule has 150 valence electrons. The summed E-state index contributed by atoms with van der Waals surface area (Å²) in [7, 11) is 0. The molecule has 0 fully saturated rings. The summed E-state index contributed by atoms with van der Waals surface area (Å²) < 4.78 is 7.55. The summed E-state index contributed by atoms with van der Waals surface area (Å²) in [5.74, 6) is 2.29. The maximum Gasteiger partial charge on any atom is 0.238 e. The molecule has 0 saturated carbocycles. The van der Waals surface area contributed by atoms with Gasteiger partial charge in [0.15, 0.2) is 5.82 Å². The summed E-state index contributed by atoms with van der Waals surface area (Å²) in [4.78, 5) is 16.4. The Balaban J connectivity index is 1.36. The van der Waals surface area contributed by atoms with Gasteiger partial charge in [0.2, 0.25) is 11.8 Å². The fraction of sp³-hybridized carbons (Fsp3) is 0.0909. The van der Waals surface area contributed by atoms with Crippen molar-refractivity contribution >= 4 is 23.2 Å². The fourth-order valence-corrected chi connectivity index (χ4v) is 3.07. The van der Waals surface area contributed by atoms with Gasteiger partial charge in [-0.3, -0.25) is 9.36 Å². The second-order valence-corrected chi connectivity index (χ2v) is 6.92. The predicted octanol–water partition coefficient (Wildman–Crippen LogP) is 4.60. The van der Waals surface area contributed by atoms with Crippen LogP contribution >= 0.6 is 11.6 Å². The van der Waals surface area contributed by atoms with Crippen LogP contribution in [0.5, 0.6) is 11.6 Å². The van der Waals surface area contributed by atoms with E-state index < -0.39 is 0 Å². The van der Waals surface area contributed by atoms with Crippen molar-refractivity contribution in [2.45, 2.75) is 13.3 Å². The average molecular weight is 420 g/mol. The lowest BCUT2D eigenvalue weighted by molar-refractivity contribution is -0.115. The third-order valence-corrected chi connectivity index (χ3v) is 4.74. The van der Waals surface area contributed by atoms with Crippen LogP contribution in [0.2, 0.25) is 5.02 Å². The van der Waals surface area contributed by atoms with Crippen LogP contribution in [0, 0.1) is 6.92 Å². The molecule has 0 spiro atoms. The zero-order valence-electron chi connectivity index (χ0n) is 16.1. The zero-order valence-corrected chi connectivity index (χ0v) is 16.9. The minimum absolute atomic E-state index is 0.145. The number of carbonyl (C=O) groups excluding carboxylic acids is 1. The average Bonchev–Trinajstić information content (AvgIpc) is 3.18. The number of imidazole rings is 1. The van der Waals surface area contributed by atoms with Crippen molar-refractivity contribution in [2.24, 2.45) is 0 Å². The van der Waals surface area contributed by atoms with Crippen LogP contribution in [0.4, 0.5) is 5.69 Å². The van der Waals surface area contributed by atoms with Crippen molar-refractivity contribution in [3.8, 4) is 17.4 Å². The van der Waals surface area contributed by atoms with Crippen molar-refractivity contribution in [2.75, 3.05) is 5.32 Å². The van der Waals surface area contributed by atoms with Gasteiger partial charge < -0.3 is 10.1 Å². The largest absolute Gasteiger partial charge is 0.438 e. The van der Waals surface area contributed by atoms with Crippen LogP contribution in [0.1, 0.15) is 11.4 Å². The molecule has 0 aliphatic carbocycles. The first-order valence-electron chi connectivity index (χ1n) is 9.24. The molecule has 0 unspecified atom stereocenters. The molecule has 4 aromatic rings. The Labute approximate surface area is 178 Å². The Morgan fingerprint density at radius 3 is 2.53 bits per heavy atom. The van der Waals surface area contributed by atoms with Crippen molar-refractivity contribution in [3.63, 3.8) is 0 Å². The normalized spacial score (nSPS) is 10.6. The number of carbonyl (C=O) groups is 1. The molecule has 7 nitrogen and oxygen atoms in total. The Morgan fingerprint density at radius 2 is 1.87 bits per heavy atom. The minimum atomic E-state index is -0.145. The molecule has 2 aromatic carbocycles. The molecule has 1 N–H and O–H groups in total. The quantitative estimate of drug-likeness (QED) is 0.494. The Hall–Kier alpha value is -3.71. The molecular weight excluding hydrogens is 402 g/mol. The van der Waals surface area contributed by atoms with E-state index in [1.54, 1.807) is 48.7 Å². The van der Waals surface area contributed by atoms with Gasteiger partial charge in [-0.15, -0.1) is 10.2 Å². The number of aromatic nitrogens is 4. The van der Waals surface area contributed by atoms with Crippen LogP contribution in [0.25, 0.3) is 5.82 Å². The lowest BCUT2D eigenvalue weighted by atomic mass is 10.1. The topological polar surface area (TPSA) is 81.9 Å². The highest BCUT2D eigenvalue weighted by atomic mass is 35.5. The predicted molar refractivity (Wildman–Crippen MR) is 114 cm³/mol. The molecule has 0 saturated heterocycles. The Bertz CT molecular complexity index is 1160. The Morgan fingerprint density at radius 1 is 1.07 bits per heavy atom. The minimum Gasteiger partial charge on any atom is -0.438 e. The van der Waals surface area contributed by atoms with Gasteiger partial charge in [0.05, 0.1) is 6.42 Å². The van der Waals surface area contributed by atoms with Crippen molar-refractivity contribution < 1.29 is 9.53 Å². The van der Waals surface area contributed by atoms with E-state index in [1.807, 2.05) is 35.9 Å². The molecule has 2 aromatic heterocycles. The molecule has 4 rings (SSSR count). The number of nitrogens with zero attached hydrogens (tertiary/aromatic N) is 4. The van der Waals surface area contributed by atoms with Gasteiger partial charge in [0, 0.05) is 29.2 Å². The lowest BCUT2D eigenvalue weighted by Gasteiger charge is -2.09. The van der Waals surface area contributed by atoms with E-state index in [4.69, 9.17) is 16.3 Å².